The zero-order valence-corrected chi connectivity index (χ0v) is 20.2. The first-order valence-corrected chi connectivity index (χ1v) is 11.6. The van der Waals surface area contributed by atoms with Crippen LogP contribution in [-0.4, -0.2) is 50.2 Å². The summed E-state index contributed by atoms with van der Waals surface area (Å²) in [4.78, 5) is 16.6. The summed E-state index contributed by atoms with van der Waals surface area (Å²) in [5.74, 6) is -2.10. The molecule has 3 aromatic heterocycles. The third-order valence-electron chi connectivity index (χ3n) is 7.18. The largest absolute Gasteiger partial charge is 0.479 e. The number of halogens is 2. The van der Waals surface area contributed by atoms with Crippen LogP contribution < -0.4 is 0 Å². The maximum absolute atomic E-state index is 15.3. The van der Waals surface area contributed by atoms with Crippen molar-refractivity contribution in [2.45, 2.75) is 57.0 Å². The van der Waals surface area contributed by atoms with E-state index < -0.39 is 17.1 Å². The predicted octanol–water partition coefficient (Wildman–Crippen LogP) is 5.33. The fourth-order valence-electron chi connectivity index (χ4n) is 5.55. The number of aromatic nitrogens is 4. The van der Waals surface area contributed by atoms with Crippen molar-refractivity contribution >= 4 is 28.0 Å². The molecule has 2 atom stereocenters. The molecular formula is C26H28F2N4O3. The normalized spacial score (nSPS) is 20.8. The summed E-state index contributed by atoms with van der Waals surface area (Å²) in [5, 5.41) is 17.4. The minimum atomic E-state index is -2.29. The molecule has 0 amide bonds. The molecular weight excluding hydrogens is 454 g/mol. The van der Waals surface area contributed by atoms with Crippen LogP contribution in [0.15, 0.2) is 30.5 Å². The van der Waals surface area contributed by atoms with Crippen LogP contribution in [-0.2, 0) is 14.9 Å². The second-order valence-electron chi connectivity index (χ2n) is 10.2. The topological polar surface area (TPSA) is 93.0 Å². The molecule has 2 N–H and O–H groups in total. The van der Waals surface area contributed by atoms with Crippen molar-refractivity contribution in [3.63, 3.8) is 0 Å². The highest BCUT2D eigenvalue weighted by Crippen LogP contribution is 2.50. The van der Waals surface area contributed by atoms with Gasteiger partial charge in [-0.2, -0.15) is 5.10 Å². The first-order chi connectivity index (χ1) is 16.6. The molecule has 1 unspecified atom stereocenters. The van der Waals surface area contributed by atoms with E-state index in [1.165, 1.54) is 6.07 Å². The van der Waals surface area contributed by atoms with Crippen molar-refractivity contribution in [2.24, 2.45) is 0 Å². The van der Waals surface area contributed by atoms with Crippen LogP contribution in [0, 0.1) is 12.7 Å². The van der Waals surface area contributed by atoms with Crippen LogP contribution in [0.1, 0.15) is 55.8 Å². The van der Waals surface area contributed by atoms with Gasteiger partial charge in [0.1, 0.15) is 5.82 Å². The van der Waals surface area contributed by atoms with E-state index in [9.17, 15) is 14.3 Å². The van der Waals surface area contributed by atoms with Gasteiger partial charge in [-0.1, -0.05) is 13.8 Å². The van der Waals surface area contributed by atoms with E-state index in [-0.39, 0.29) is 24.6 Å². The second kappa shape index (κ2) is 8.12. The Bertz CT molecular complexity index is 1460. The minimum absolute atomic E-state index is 0.0637. The Morgan fingerprint density at radius 3 is 2.80 bits per heavy atom. The lowest BCUT2D eigenvalue weighted by atomic mass is 9.82. The van der Waals surface area contributed by atoms with Gasteiger partial charge in [-0.05, 0) is 61.9 Å². The number of carboxylic acids is 1. The average molecular weight is 483 g/mol. The van der Waals surface area contributed by atoms with Gasteiger partial charge >= 0.3 is 5.97 Å². The van der Waals surface area contributed by atoms with Crippen LogP contribution in [0.3, 0.4) is 0 Å². The monoisotopic (exact) mass is 482 g/mol. The van der Waals surface area contributed by atoms with Gasteiger partial charge in [-0.3, -0.25) is 5.10 Å². The zero-order valence-electron chi connectivity index (χ0n) is 20.2. The lowest BCUT2D eigenvalue weighted by Gasteiger charge is -2.29. The highest BCUT2D eigenvalue weighted by Gasteiger charge is 2.49. The molecule has 5 rings (SSSR count). The Labute approximate surface area is 201 Å². The Morgan fingerprint density at radius 2 is 2.14 bits per heavy atom. The molecule has 7 nitrogen and oxygen atoms in total. The number of fused-ring (bicyclic) bond motifs is 2. The van der Waals surface area contributed by atoms with Gasteiger partial charge < -0.3 is 14.4 Å². The van der Waals surface area contributed by atoms with Gasteiger partial charge in [0, 0.05) is 34.9 Å². The number of benzene rings is 1. The van der Waals surface area contributed by atoms with Crippen LogP contribution >= 0.6 is 0 Å². The number of alkyl halides is 1. The number of aliphatic carboxylic acids is 1. The number of pyridine rings is 1. The van der Waals surface area contributed by atoms with Gasteiger partial charge in [0.25, 0.3) is 0 Å². The number of nitrogens with one attached hydrogen (secondary N) is 1. The van der Waals surface area contributed by atoms with Gasteiger partial charge in [-0.15, -0.1) is 0 Å². The maximum atomic E-state index is 15.3. The minimum Gasteiger partial charge on any atom is -0.479 e. The number of hydrogen-bond acceptors (Lipinski definition) is 4. The highest BCUT2D eigenvalue weighted by atomic mass is 19.1. The number of hydrogen-bond donors (Lipinski definition) is 2. The van der Waals surface area contributed by atoms with Crippen molar-refractivity contribution in [2.75, 3.05) is 13.7 Å². The summed E-state index contributed by atoms with van der Waals surface area (Å²) < 4.78 is 37.1. The number of aryl methyl sites for hydroxylation is 1. The van der Waals surface area contributed by atoms with Gasteiger partial charge in [0.05, 0.1) is 23.8 Å². The van der Waals surface area contributed by atoms with E-state index in [1.54, 1.807) is 32.4 Å². The van der Waals surface area contributed by atoms with E-state index in [0.717, 1.165) is 27.8 Å². The first-order valence-electron chi connectivity index (χ1n) is 11.6. The molecule has 0 radical (unpaired) electrons. The second-order valence-corrected chi connectivity index (χ2v) is 10.2. The molecule has 1 aromatic carbocycles. The number of carbonyl (C=O) groups is 1. The van der Waals surface area contributed by atoms with E-state index in [0.29, 0.717) is 29.8 Å². The summed E-state index contributed by atoms with van der Waals surface area (Å²) in [7, 11) is 1.62. The van der Waals surface area contributed by atoms with Crippen molar-refractivity contribution < 1.29 is 23.4 Å². The summed E-state index contributed by atoms with van der Waals surface area (Å²) in [6.45, 7) is 6.13. The molecule has 1 fully saturated rings. The summed E-state index contributed by atoms with van der Waals surface area (Å²) >= 11 is 0. The molecule has 0 bridgehead atoms. The van der Waals surface area contributed by atoms with Gasteiger partial charge in [0.2, 0.25) is 5.67 Å². The number of ether oxygens (including phenoxy) is 1. The average Bonchev–Trinajstić information content (AvgIpc) is 3.50. The van der Waals surface area contributed by atoms with Crippen LogP contribution in [0.25, 0.3) is 27.8 Å². The van der Waals surface area contributed by atoms with Crippen molar-refractivity contribution in [1.29, 1.82) is 0 Å². The molecule has 1 aliphatic carbocycles. The summed E-state index contributed by atoms with van der Waals surface area (Å²) in [6, 6.07) is 6.88. The molecule has 0 aliphatic heterocycles. The molecule has 3 heterocycles. The number of rotatable bonds is 6. The Balaban J connectivity index is 1.88. The quantitative estimate of drug-likeness (QED) is 0.387. The third-order valence-corrected chi connectivity index (χ3v) is 7.18. The Kier molecular flexibility index (Phi) is 5.43. The molecule has 0 spiro atoms. The van der Waals surface area contributed by atoms with Crippen molar-refractivity contribution in [1.82, 2.24) is 19.7 Å². The summed E-state index contributed by atoms with van der Waals surface area (Å²) in [5.41, 5.74) is 2.07. The van der Waals surface area contributed by atoms with Crippen LogP contribution in [0.5, 0.6) is 0 Å². The molecule has 35 heavy (non-hydrogen) atoms. The smallest absolute Gasteiger partial charge is 0.341 e. The zero-order chi connectivity index (χ0) is 25.1. The standard InChI is InChI=1S/C26H28F2N4O3/c1-14-9-17(5-6-18(14)27)32-19-10-16-12-29-31-23(16)30-21(19)20(22(32)25(2,3)13-35-4)15-7-8-26(28,11-15)24(33)34/h5-6,9-10,12,15H,7-8,11,13H2,1-4H3,(H,33,34)(H,29,30,31)/t15?,26-/m0/s1. The molecule has 1 aliphatic rings. The first kappa shape index (κ1) is 23.4. The number of carboxylic acid groups (broad SMARTS) is 1. The molecule has 4 aromatic rings. The number of methoxy groups -OCH3 is 1. The summed E-state index contributed by atoms with van der Waals surface area (Å²) in [6.07, 6.45) is 1.86. The lowest BCUT2D eigenvalue weighted by molar-refractivity contribution is -0.150. The Morgan fingerprint density at radius 1 is 1.37 bits per heavy atom. The van der Waals surface area contributed by atoms with Crippen LogP contribution in [0.2, 0.25) is 0 Å². The number of aromatic amines is 1. The Hall–Kier alpha value is -3.33. The van der Waals surface area contributed by atoms with Crippen molar-refractivity contribution in [3.8, 4) is 5.69 Å². The van der Waals surface area contributed by atoms with E-state index in [2.05, 4.69) is 10.2 Å². The molecule has 1 saturated carbocycles. The van der Waals surface area contributed by atoms with E-state index in [4.69, 9.17) is 9.72 Å². The molecule has 184 valence electrons. The maximum Gasteiger partial charge on any atom is 0.341 e. The molecule has 9 heteroatoms. The number of nitrogens with zero attached hydrogens (tertiary/aromatic N) is 3. The van der Waals surface area contributed by atoms with Crippen molar-refractivity contribution in [3.05, 3.63) is 53.1 Å². The highest BCUT2D eigenvalue weighted by molar-refractivity contribution is 5.94. The number of H-pyrrole nitrogens is 1. The SMILES string of the molecule is COCC(C)(C)c1c(C2CC[C@@](F)(C(=O)O)C2)c2nc3[nH]ncc3cc2n1-c1ccc(F)c(C)c1. The third kappa shape index (κ3) is 3.69. The lowest BCUT2D eigenvalue weighted by Crippen LogP contribution is -2.31. The molecule has 0 saturated heterocycles. The van der Waals surface area contributed by atoms with E-state index in [1.807, 2.05) is 24.5 Å². The fraction of sp³-hybridized carbons (Fsp3) is 0.423. The van der Waals surface area contributed by atoms with E-state index >= 15 is 4.39 Å². The fourth-order valence-corrected chi connectivity index (χ4v) is 5.55. The van der Waals surface area contributed by atoms with Crippen LogP contribution in [0.4, 0.5) is 8.78 Å². The predicted molar refractivity (Wildman–Crippen MR) is 128 cm³/mol. The van der Waals surface area contributed by atoms with Gasteiger partial charge in [-0.25, -0.2) is 18.6 Å². The van der Waals surface area contributed by atoms with Gasteiger partial charge in [0.15, 0.2) is 5.65 Å².